The minimum Gasteiger partial charge on any atom is -0.441 e. The van der Waals surface area contributed by atoms with Gasteiger partial charge in [-0.2, -0.15) is 4.99 Å². The first-order valence-electron chi connectivity index (χ1n) is 4.57. The second kappa shape index (κ2) is 2.97. The van der Waals surface area contributed by atoms with Gasteiger partial charge in [-0.25, -0.2) is 9.18 Å². The van der Waals surface area contributed by atoms with Crippen LogP contribution in [0.25, 0.3) is 0 Å². The van der Waals surface area contributed by atoms with Gasteiger partial charge in [0.25, 0.3) is 0 Å². The molecule has 3 nitrogen and oxygen atoms in total. The highest BCUT2D eigenvalue weighted by atomic mass is 19.1. The largest absolute Gasteiger partial charge is 0.441 e. The molecule has 0 spiro atoms. The molecule has 66 valence electrons. The first-order chi connectivity index (χ1) is 6.99. The predicted molar refractivity (Wildman–Crippen MR) is 44.3 cm³/mol. The molecule has 0 N–H and O–H groups in total. The van der Waals surface area contributed by atoms with Crippen LogP contribution in [0.3, 0.4) is 0 Å². The highest BCUT2D eigenvalue weighted by molar-refractivity contribution is 6.09. The maximum Gasteiger partial charge on any atom is 0.434 e. The van der Waals surface area contributed by atoms with Crippen LogP contribution in [0.2, 0.25) is 0 Å². The molecule has 13 heavy (non-hydrogen) atoms. The van der Waals surface area contributed by atoms with E-state index in [1.165, 1.54) is 12.1 Å². The van der Waals surface area contributed by atoms with Crippen molar-refractivity contribution in [3.05, 3.63) is 35.6 Å². The number of cyclic esters (lactones) is 1. The van der Waals surface area contributed by atoms with Crippen LogP contribution in [0.5, 0.6) is 0 Å². The number of hydrogen-bond acceptors (Lipinski definition) is 2. The van der Waals surface area contributed by atoms with E-state index in [1.54, 1.807) is 0 Å². The maximum atomic E-state index is 12.6. The van der Waals surface area contributed by atoms with Crippen LogP contribution in [0.4, 0.5) is 9.18 Å². The fraction of sp³-hybridized carbons (Fsp3) is 0.111. The van der Waals surface area contributed by atoms with E-state index in [-0.39, 0.29) is 5.71 Å². The van der Waals surface area contributed by atoms with Crippen LogP contribution in [-0.4, -0.2) is 18.4 Å². The molecule has 0 saturated heterocycles. The number of nitrogens with zero attached hydrogens (tertiary/aromatic N) is 1. The summed E-state index contributed by atoms with van der Waals surface area (Å²) in [4.78, 5) is 14.2. The predicted octanol–water partition coefficient (Wildman–Crippen LogP) is 1.76. The summed E-state index contributed by atoms with van der Waals surface area (Å²) < 4.78 is 31.7. The molecule has 1 aromatic rings. The van der Waals surface area contributed by atoms with Gasteiger partial charge >= 0.3 is 6.09 Å². The fourth-order valence-electron chi connectivity index (χ4n) is 0.960. The zero-order valence-electron chi connectivity index (χ0n) is 8.45. The normalized spacial score (nSPS) is 21.6. The molecular formula is C9H6FNO2. The Balaban J connectivity index is 2.43. The smallest absolute Gasteiger partial charge is 0.434 e. The molecule has 4 heteroatoms. The fourth-order valence-corrected chi connectivity index (χ4v) is 0.960. The maximum absolute atomic E-state index is 12.6. The summed E-state index contributed by atoms with van der Waals surface area (Å²) in [7, 11) is 0. The van der Waals surface area contributed by atoms with Crippen molar-refractivity contribution in [2.24, 2.45) is 4.99 Å². The quantitative estimate of drug-likeness (QED) is 0.662. The van der Waals surface area contributed by atoms with Gasteiger partial charge in [0.2, 0.25) is 0 Å². The Bertz CT molecular complexity index is 442. The van der Waals surface area contributed by atoms with Gasteiger partial charge in [0.1, 0.15) is 12.4 Å². The van der Waals surface area contributed by atoms with Gasteiger partial charge in [-0.1, -0.05) is 12.1 Å². The second-order valence-corrected chi connectivity index (χ2v) is 2.44. The molecule has 0 aromatic heterocycles. The van der Waals surface area contributed by atoms with Gasteiger partial charge in [-0.05, 0) is 17.7 Å². The molecule has 0 saturated carbocycles. The van der Waals surface area contributed by atoms with Gasteiger partial charge in [-0.3, -0.25) is 0 Å². The molecule has 1 aliphatic rings. The number of carbonyl (C=O) groups excluding carboxylic acids is 1. The van der Waals surface area contributed by atoms with Gasteiger partial charge in [0.05, 0.1) is 8.45 Å². The monoisotopic (exact) mass is 181 g/mol. The first-order valence-corrected chi connectivity index (χ1v) is 3.57. The van der Waals surface area contributed by atoms with Crippen molar-refractivity contribution in [2.75, 3.05) is 6.56 Å². The van der Waals surface area contributed by atoms with Crippen LogP contribution in [0.15, 0.2) is 29.3 Å². The molecule has 0 atom stereocenters. The van der Waals surface area contributed by atoms with Crippen LogP contribution in [0.1, 0.15) is 8.30 Å². The Labute approximate surface area is 76.7 Å². The van der Waals surface area contributed by atoms with Crippen molar-refractivity contribution in [3.8, 4) is 0 Å². The molecule has 1 aromatic carbocycles. The average Bonchev–Trinajstić information content (AvgIpc) is 2.41. The molecule has 1 amide bonds. The van der Waals surface area contributed by atoms with Gasteiger partial charge in [0.15, 0.2) is 0 Å². The number of amides is 1. The first kappa shape index (κ1) is 5.85. The highest BCUT2D eigenvalue weighted by Crippen LogP contribution is 2.09. The summed E-state index contributed by atoms with van der Waals surface area (Å²) in [5, 5.41) is 0. The van der Waals surface area contributed by atoms with Crippen molar-refractivity contribution >= 4 is 11.8 Å². The van der Waals surface area contributed by atoms with E-state index in [0.717, 1.165) is 12.1 Å². The molecule has 0 unspecified atom stereocenters. The molecular weight excluding hydrogens is 173 g/mol. The minimum absolute atomic E-state index is 0.132. The van der Waals surface area contributed by atoms with E-state index in [4.69, 9.17) is 2.74 Å². The number of benzene rings is 1. The lowest BCUT2D eigenvalue weighted by Crippen LogP contribution is -2.02. The third-order valence-corrected chi connectivity index (χ3v) is 1.56. The molecule has 0 fully saturated rings. The Morgan fingerprint density at radius 2 is 2.15 bits per heavy atom. The lowest BCUT2D eigenvalue weighted by Gasteiger charge is -1.96. The van der Waals surface area contributed by atoms with Crippen molar-refractivity contribution < 1.29 is 16.7 Å². The molecule has 0 bridgehead atoms. The molecule has 2 rings (SSSR count). The van der Waals surface area contributed by atoms with E-state index < -0.39 is 18.5 Å². The van der Waals surface area contributed by atoms with Crippen LogP contribution in [0, 0.1) is 5.82 Å². The van der Waals surface area contributed by atoms with Crippen LogP contribution >= 0.6 is 0 Å². The van der Waals surface area contributed by atoms with Crippen molar-refractivity contribution in [3.63, 3.8) is 0 Å². The minimum atomic E-state index is -2.24. The van der Waals surface area contributed by atoms with Crippen molar-refractivity contribution in [2.45, 2.75) is 0 Å². The lowest BCUT2D eigenvalue weighted by atomic mass is 10.1. The second-order valence-electron chi connectivity index (χ2n) is 2.44. The van der Waals surface area contributed by atoms with Crippen LogP contribution < -0.4 is 0 Å². The van der Waals surface area contributed by atoms with Crippen molar-refractivity contribution in [1.82, 2.24) is 0 Å². The Kier molecular flexibility index (Phi) is 1.34. The number of halogens is 1. The highest BCUT2D eigenvalue weighted by Gasteiger charge is 2.15. The summed E-state index contributed by atoms with van der Waals surface area (Å²) >= 11 is 0. The number of rotatable bonds is 1. The van der Waals surface area contributed by atoms with E-state index >= 15 is 0 Å². The lowest BCUT2D eigenvalue weighted by molar-refractivity contribution is 0.181. The van der Waals surface area contributed by atoms with E-state index in [9.17, 15) is 9.18 Å². The Morgan fingerprint density at radius 1 is 1.46 bits per heavy atom. The van der Waals surface area contributed by atoms with Gasteiger partial charge < -0.3 is 4.74 Å². The summed E-state index contributed by atoms with van der Waals surface area (Å²) in [5.74, 6) is -0.440. The zero-order chi connectivity index (χ0) is 11.1. The van der Waals surface area contributed by atoms with E-state index in [1.807, 2.05) is 0 Å². The number of hydrogen-bond donors (Lipinski definition) is 0. The molecule has 0 aliphatic carbocycles. The molecule has 1 aliphatic heterocycles. The number of carbonyl (C=O) groups is 1. The van der Waals surface area contributed by atoms with Crippen molar-refractivity contribution in [1.29, 1.82) is 0 Å². The Hall–Kier alpha value is -1.71. The molecule has 1 heterocycles. The summed E-state index contributed by atoms with van der Waals surface area (Å²) in [6.07, 6.45) is -0.973. The topological polar surface area (TPSA) is 38.7 Å². The third-order valence-electron chi connectivity index (χ3n) is 1.56. The van der Waals surface area contributed by atoms with Gasteiger partial charge in [0, 0.05) is 0 Å². The zero-order valence-corrected chi connectivity index (χ0v) is 6.45. The van der Waals surface area contributed by atoms with E-state index in [0.29, 0.717) is 5.56 Å². The summed E-state index contributed by atoms with van der Waals surface area (Å²) in [6, 6.07) is 5.01. The molecule has 0 radical (unpaired) electrons. The van der Waals surface area contributed by atoms with E-state index in [2.05, 4.69) is 9.73 Å². The third kappa shape index (κ3) is 1.56. The summed E-state index contributed by atoms with van der Waals surface area (Å²) in [6.45, 7) is -2.24. The number of ether oxygens (including phenoxy) is 1. The number of aliphatic imine (C=N–C) groups is 1. The average molecular weight is 181 g/mol. The SMILES string of the molecule is [2H]C1([2H])OC(=O)N=C1c1ccc(F)cc1. The summed E-state index contributed by atoms with van der Waals surface area (Å²) in [5.41, 5.74) is 0.194. The Morgan fingerprint density at radius 3 is 2.69 bits per heavy atom. The van der Waals surface area contributed by atoms with Crippen LogP contribution in [-0.2, 0) is 4.74 Å². The van der Waals surface area contributed by atoms with Gasteiger partial charge in [-0.15, -0.1) is 0 Å². The standard InChI is InChI=1S/C9H6FNO2/c10-7-3-1-6(2-4-7)8-5-13-9(12)11-8/h1-4H,5H2/i5D2.